The van der Waals surface area contributed by atoms with E-state index in [0.29, 0.717) is 23.6 Å². The Morgan fingerprint density at radius 1 is 1.27 bits per heavy atom. The fourth-order valence-electron chi connectivity index (χ4n) is 3.61. The summed E-state index contributed by atoms with van der Waals surface area (Å²) in [5.41, 5.74) is 2.11. The van der Waals surface area contributed by atoms with Crippen molar-refractivity contribution in [2.45, 2.75) is 18.4 Å². The molecule has 1 aromatic heterocycles. The third-order valence-corrected chi connectivity index (χ3v) is 5.27. The molecule has 2 aromatic rings. The number of benzene rings is 1. The van der Waals surface area contributed by atoms with Crippen molar-refractivity contribution in [2.24, 2.45) is 0 Å². The molecule has 0 unspecified atom stereocenters. The molecule has 8 nitrogen and oxygen atoms in total. The molecule has 1 aromatic carbocycles. The van der Waals surface area contributed by atoms with Crippen molar-refractivity contribution in [1.29, 1.82) is 5.26 Å². The van der Waals surface area contributed by atoms with Crippen LogP contribution < -0.4 is 15.4 Å². The number of methoxy groups -OCH3 is 2. The van der Waals surface area contributed by atoms with E-state index in [1.54, 1.807) is 44.7 Å². The zero-order valence-electron chi connectivity index (χ0n) is 17.3. The van der Waals surface area contributed by atoms with E-state index in [1.165, 1.54) is 0 Å². The van der Waals surface area contributed by atoms with Crippen molar-refractivity contribution in [1.82, 2.24) is 15.2 Å². The lowest BCUT2D eigenvalue weighted by molar-refractivity contribution is 0.117. The summed E-state index contributed by atoms with van der Waals surface area (Å²) in [7, 11) is 3.31. The van der Waals surface area contributed by atoms with E-state index >= 15 is 0 Å². The number of likely N-dealkylation sites (tertiary alicyclic amines) is 1. The topological polar surface area (TPSA) is 99.5 Å². The highest BCUT2D eigenvalue weighted by Crippen LogP contribution is 2.27. The molecule has 0 radical (unpaired) electrons. The van der Waals surface area contributed by atoms with Gasteiger partial charge in [0.15, 0.2) is 0 Å². The van der Waals surface area contributed by atoms with Crippen molar-refractivity contribution in [3.63, 3.8) is 0 Å². The number of hydrogen-bond donors (Lipinski definition) is 2. The number of aromatic nitrogens is 1. The number of pyridine rings is 1. The molecule has 2 amide bonds. The molecule has 0 saturated carbocycles. The van der Waals surface area contributed by atoms with Crippen LogP contribution in [-0.2, 0) is 4.74 Å². The van der Waals surface area contributed by atoms with Crippen LogP contribution in [0, 0.1) is 11.3 Å². The minimum atomic E-state index is -0.270. The molecular weight excluding hydrogens is 382 g/mol. The van der Waals surface area contributed by atoms with Crippen LogP contribution in [0.5, 0.6) is 5.75 Å². The van der Waals surface area contributed by atoms with Crippen LogP contribution in [0.15, 0.2) is 42.6 Å². The monoisotopic (exact) mass is 409 g/mol. The van der Waals surface area contributed by atoms with Gasteiger partial charge in [0.25, 0.3) is 0 Å². The maximum Gasteiger partial charge on any atom is 0.319 e. The van der Waals surface area contributed by atoms with Crippen molar-refractivity contribution in [3.8, 4) is 11.8 Å². The van der Waals surface area contributed by atoms with Crippen molar-refractivity contribution in [3.05, 3.63) is 53.9 Å². The molecule has 30 heavy (non-hydrogen) atoms. The summed E-state index contributed by atoms with van der Waals surface area (Å²) in [5.74, 6) is 0.752. The van der Waals surface area contributed by atoms with E-state index in [0.717, 1.165) is 31.7 Å². The molecule has 3 rings (SSSR count). The minimum absolute atomic E-state index is 0.0493. The normalized spacial score (nSPS) is 19.0. The van der Waals surface area contributed by atoms with Crippen molar-refractivity contribution >= 4 is 11.7 Å². The number of amides is 2. The highest BCUT2D eigenvalue weighted by atomic mass is 16.5. The molecule has 0 spiro atoms. The second-order valence-corrected chi connectivity index (χ2v) is 7.21. The summed E-state index contributed by atoms with van der Waals surface area (Å²) >= 11 is 0. The quantitative estimate of drug-likeness (QED) is 0.729. The van der Waals surface area contributed by atoms with Crippen molar-refractivity contribution in [2.75, 3.05) is 45.8 Å². The molecule has 1 aliphatic rings. The SMILES string of the molecule is COCCN1CC[C@@H](NC(=O)Nc2ccc(C#N)cc2)[C@H](c2ccc(OC)cn2)C1. The fraction of sp³-hybridized carbons (Fsp3) is 0.409. The Labute approximate surface area is 176 Å². The number of rotatable bonds is 7. The minimum Gasteiger partial charge on any atom is -0.495 e. The van der Waals surface area contributed by atoms with Gasteiger partial charge in [-0.15, -0.1) is 0 Å². The first-order valence-electron chi connectivity index (χ1n) is 9.92. The third kappa shape index (κ3) is 5.69. The molecule has 2 N–H and O–H groups in total. The molecule has 1 saturated heterocycles. The van der Waals surface area contributed by atoms with Gasteiger partial charge in [-0.25, -0.2) is 4.79 Å². The lowest BCUT2D eigenvalue weighted by Gasteiger charge is -2.38. The zero-order valence-corrected chi connectivity index (χ0v) is 17.3. The molecule has 0 bridgehead atoms. The Bertz CT molecular complexity index is 864. The Balaban J connectivity index is 1.69. The molecular formula is C22H27N5O3. The first kappa shape index (κ1) is 21.6. The number of piperidine rings is 1. The third-order valence-electron chi connectivity index (χ3n) is 5.27. The highest BCUT2D eigenvalue weighted by molar-refractivity contribution is 5.89. The second-order valence-electron chi connectivity index (χ2n) is 7.21. The first-order chi connectivity index (χ1) is 14.6. The zero-order chi connectivity index (χ0) is 21.3. The summed E-state index contributed by atoms with van der Waals surface area (Å²) in [6.45, 7) is 3.16. The van der Waals surface area contributed by atoms with E-state index < -0.39 is 0 Å². The Kier molecular flexibility index (Phi) is 7.60. The number of ether oxygens (including phenoxy) is 2. The van der Waals surface area contributed by atoms with Gasteiger partial charge < -0.3 is 25.0 Å². The Hall–Kier alpha value is -3.15. The molecule has 158 valence electrons. The lowest BCUT2D eigenvalue weighted by Crippen LogP contribution is -2.51. The average molecular weight is 409 g/mol. The van der Waals surface area contributed by atoms with E-state index in [2.05, 4.69) is 26.6 Å². The standard InChI is InChI=1S/C22H27N5O3/c1-29-12-11-27-10-9-21(19(15-27)20-8-7-18(30-2)14-24-20)26-22(28)25-17-5-3-16(13-23)4-6-17/h3-8,14,19,21H,9-12,15H2,1-2H3,(H2,25,26,28)/t19-,21+/m0/s1. The maximum absolute atomic E-state index is 12.6. The van der Waals surface area contributed by atoms with Gasteiger partial charge in [0, 0.05) is 50.1 Å². The van der Waals surface area contributed by atoms with Gasteiger partial charge >= 0.3 is 6.03 Å². The predicted octanol–water partition coefficient (Wildman–Crippen LogP) is 2.59. The predicted molar refractivity (Wildman–Crippen MR) is 114 cm³/mol. The maximum atomic E-state index is 12.6. The van der Waals surface area contributed by atoms with Gasteiger partial charge in [-0.05, 0) is 42.8 Å². The molecule has 2 heterocycles. The smallest absolute Gasteiger partial charge is 0.319 e. The van der Waals surface area contributed by atoms with Gasteiger partial charge in [-0.3, -0.25) is 4.98 Å². The largest absolute Gasteiger partial charge is 0.495 e. The van der Waals surface area contributed by atoms with Crippen LogP contribution in [0.3, 0.4) is 0 Å². The summed E-state index contributed by atoms with van der Waals surface area (Å²) in [6, 6.07) is 12.4. The van der Waals surface area contributed by atoms with E-state index in [4.69, 9.17) is 14.7 Å². The van der Waals surface area contributed by atoms with E-state index in [-0.39, 0.29) is 18.0 Å². The van der Waals surface area contributed by atoms with Gasteiger partial charge in [-0.1, -0.05) is 0 Å². The Morgan fingerprint density at radius 3 is 2.70 bits per heavy atom. The number of anilines is 1. The molecule has 2 atom stereocenters. The van der Waals surface area contributed by atoms with E-state index in [1.807, 2.05) is 12.1 Å². The summed E-state index contributed by atoms with van der Waals surface area (Å²) in [5, 5.41) is 14.8. The van der Waals surface area contributed by atoms with Crippen LogP contribution >= 0.6 is 0 Å². The van der Waals surface area contributed by atoms with Crippen LogP contribution in [0.1, 0.15) is 23.6 Å². The van der Waals surface area contributed by atoms with Crippen LogP contribution in [-0.4, -0.2) is 62.4 Å². The molecule has 0 aliphatic carbocycles. The van der Waals surface area contributed by atoms with Gasteiger partial charge in [0.1, 0.15) is 5.75 Å². The van der Waals surface area contributed by atoms with Gasteiger partial charge in [0.05, 0.1) is 31.5 Å². The molecule has 1 aliphatic heterocycles. The highest BCUT2D eigenvalue weighted by Gasteiger charge is 2.32. The molecule has 8 heteroatoms. The number of nitriles is 1. The Morgan fingerprint density at radius 2 is 2.07 bits per heavy atom. The van der Waals surface area contributed by atoms with Crippen LogP contribution in [0.25, 0.3) is 0 Å². The number of nitrogens with one attached hydrogen (secondary N) is 2. The van der Waals surface area contributed by atoms with Gasteiger partial charge in [0.2, 0.25) is 0 Å². The number of hydrogen-bond acceptors (Lipinski definition) is 6. The second kappa shape index (κ2) is 10.6. The van der Waals surface area contributed by atoms with E-state index in [9.17, 15) is 4.79 Å². The summed E-state index contributed by atoms with van der Waals surface area (Å²) < 4.78 is 10.4. The fourth-order valence-corrected chi connectivity index (χ4v) is 3.61. The first-order valence-corrected chi connectivity index (χ1v) is 9.92. The van der Waals surface area contributed by atoms with Crippen LogP contribution in [0.4, 0.5) is 10.5 Å². The summed E-state index contributed by atoms with van der Waals surface area (Å²) in [6.07, 6.45) is 2.51. The lowest BCUT2D eigenvalue weighted by atomic mass is 9.89. The number of nitrogens with zero attached hydrogens (tertiary/aromatic N) is 3. The number of carbonyl (C=O) groups is 1. The number of carbonyl (C=O) groups excluding carboxylic acids is 1. The molecule has 1 fully saturated rings. The number of urea groups is 1. The van der Waals surface area contributed by atoms with Gasteiger partial charge in [-0.2, -0.15) is 5.26 Å². The van der Waals surface area contributed by atoms with Crippen LogP contribution in [0.2, 0.25) is 0 Å². The van der Waals surface area contributed by atoms with Crippen molar-refractivity contribution < 1.29 is 14.3 Å². The summed E-state index contributed by atoms with van der Waals surface area (Å²) in [4.78, 5) is 19.5. The average Bonchev–Trinajstić information content (AvgIpc) is 2.79.